The highest BCUT2D eigenvalue weighted by Gasteiger charge is 2.11. The zero-order valence-electron chi connectivity index (χ0n) is 13.6. The molecule has 0 bridgehead atoms. The summed E-state index contributed by atoms with van der Waals surface area (Å²) in [5.74, 6) is -0.472. The van der Waals surface area contributed by atoms with E-state index in [0.29, 0.717) is 12.1 Å². The second-order valence-corrected chi connectivity index (χ2v) is 6.04. The van der Waals surface area contributed by atoms with Crippen LogP contribution in [0.3, 0.4) is 0 Å². The molecular formula is C17H23NO4S. The summed E-state index contributed by atoms with van der Waals surface area (Å²) < 4.78 is 4.74. The number of amides is 1. The summed E-state index contributed by atoms with van der Waals surface area (Å²) in [5, 5.41) is 2.84. The maximum absolute atomic E-state index is 11.7. The minimum atomic E-state index is -0.491. The van der Waals surface area contributed by atoms with Crippen molar-refractivity contribution in [3.8, 4) is 0 Å². The molecule has 1 aromatic rings. The molecule has 0 saturated heterocycles. The van der Waals surface area contributed by atoms with E-state index in [0.717, 1.165) is 17.7 Å². The molecule has 6 heteroatoms. The van der Waals surface area contributed by atoms with Gasteiger partial charge in [-0.1, -0.05) is 19.4 Å². The van der Waals surface area contributed by atoms with Gasteiger partial charge in [0.15, 0.2) is 5.78 Å². The number of ether oxygens (including phenoxy) is 1. The third kappa shape index (κ3) is 8.40. The Morgan fingerprint density at radius 3 is 2.70 bits per heavy atom. The number of hydrogen-bond acceptors (Lipinski definition) is 5. The summed E-state index contributed by atoms with van der Waals surface area (Å²) in [6, 6.07) is 7.33. The highest BCUT2D eigenvalue weighted by molar-refractivity contribution is 8.00. The first-order chi connectivity index (χ1) is 11.0. The van der Waals surface area contributed by atoms with Crippen molar-refractivity contribution in [3.63, 3.8) is 0 Å². The SMILES string of the molecule is CCCCC(=O)Nc1cccc(SCC(=O)CC(=O)OCC)c1. The molecule has 1 N–H and O–H groups in total. The minimum Gasteiger partial charge on any atom is -0.466 e. The van der Waals surface area contributed by atoms with Gasteiger partial charge in [-0.05, 0) is 31.5 Å². The Hall–Kier alpha value is -1.82. The summed E-state index contributed by atoms with van der Waals surface area (Å²) in [5.41, 5.74) is 0.717. The van der Waals surface area contributed by atoms with Crippen molar-refractivity contribution in [1.29, 1.82) is 0 Å². The van der Waals surface area contributed by atoms with Crippen LogP contribution in [0.4, 0.5) is 5.69 Å². The van der Waals surface area contributed by atoms with Crippen LogP contribution in [-0.2, 0) is 19.1 Å². The molecule has 0 heterocycles. The summed E-state index contributed by atoms with van der Waals surface area (Å²) >= 11 is 1.34. The summed E-state index contributed by atoms with van der Waals surface area (Å²) in [7, 11) is 0. The molecule has 1 amide bonds. The van der Waals surface area contributed by atoms with Crippen LogP contribution in [0.15, 0.2) is 29.2 Å². The number of thioether (sulfide) groups is 1. The molecule has 0 saturated carbocycles. The Labute approximate surface area is 141 Å². The van der Waals surface area contributed by atoms with Crippen LogP contribution in [-0.4, -0.2) is 30.0 Å². The molecule has 0 aliphatic heterocycles. The molecule has 0 spiro atoms. The summed E-state index contributed by atoms with van der Waals surface area (Å²) in [4.78, 5) is 35.5. The average Bonchev–Trinajstić information content (AvgIpc) is 2.51. The molecule has 1 aromatic carbocycles. The predicted octanol–water partition coefficient (Wildman–Crippen LogP) is 3.43. The van der Waals surface area contributed by atoms with E-state index in [9.17, 15) is 14.4 Å². The average molecular weight is 337 g/mol. The Morgan fingerprint density at radius 1 is 1.22 bits per heavy atom. The largest absolute Gasteiger partial charge is 0.466 e. The molecule has 0 aromatic heterocycles. The van der Waals surface area contributed by atoms with E-state index in [1.165, 1.54) is 11.8 Å². The van der Waals surface area contributed by atoms with E-state index >= 15 is 0 Å². The monoisotopic (exact) mass is 337 g/mol. The fourth-order valence-electron chi connectivity index (χ4n) is 1.81. The number of unbranched alkanes of at least 4 members (excludes halogenated alkanes) is 1. The third-order valence-corrected chi connectivity index (χ3v) is 3.98. The lowest BCUT2D eigenvalue weighted by Gasteiger charge is -2.07. The maximum Gasteiger partial charge on any atom is 0.313 e. The Bertz CT molecular complexity index is 545. The first-order valence-corrected chi connectivity index (χ1v) is 8.73. The van der Waals surface area contributed by atoms with E-state index < -0.39 is 5.97 Å². The van der Waals surface area contributed by atoms with Gasteiger partial charge in [0.1, 0.15) is 6.42 Å². The van der Waals surface area contributed by atoms with Crippen LogP contribution >= 0.6 is 11.8 Å². The van der Waals surface area contributed by atoms with E-state index in [1.54, 1.807) is 6.92 Å². The fourth-order valence-corrected chi connectivity index (χ4v) is 2.63. The number of carbonyl (C=O) groups is 3. The van der Waals surface area contributed by atoms with Crippen LogP contribution in [0.2, 0.25) is 0 Å². The molecule has 5 nitrogen and oxygen atoms in total. The quantitative estimate of drug-likeness (QED) is 0.402. The standard InChI is InChI=1S/C17H23NO4S/c1-3-5-9-16(20)18-13-7-6-8-15(10-13)23-12-14(19)11-17(21)22-4-2/h6-8,10H,3-5,9,11-12H2,1-2H3,(H,18,20). The zero-order chi connectivity index (χ0) is 17.1. The third-order valence-electron chi connectivity index (χ3n) is 2.92. The van der Waals surface area contributed by atoms with E-state index in [1.807, 2.05) is 31.2 Å². The normalized spacial score (nSPS) is 10.2. The molecule has 0 aliphatic carbocycles. The molecule has 0 fully saturated rings. The predicted molar refractivity (Wildman–Crippen MR) is 91.6 cm³/mol. The smallest absolute Gasteiger partial charge is 0.313 e. The van der Waals surface area contributed by atoms with Gasteiger partial charge in [-0.2, -0.15) is 0 Å². The number of ketones is 1. The molecular weight excluding hydrogens is 314 g/mol. The second kappa shape index (κ2) is 10.8. The molecule has 23 heavy (non-hydrogen) atoms. The van der Waals surface area contributed by atoms with Crippen molar-refractivity contribution < 1.29 is 19.1 Å². The number of anilines is 1. The van der Waals surface area contributed by atoms with Crippen LogP contribution in [0.5, 0.6) is 0 Å². The fraction of sp³-hybridized carbons (Fsp3) is 0.471. The number of benzene rings is 1. The van der Waals surface area contributed by atoms with E-state index in [-0.39, 0.29) is 30.5 Å². The van der Waals surface area contributed by atoms with Crippen molar-refractivity contribution >= 4 is 35.1 Å². The lowest BCUT2D eigenvalue weighted by atomic mass is 10.2. The van der Waals surface area contributed by atoms with Crippen LogP contribution in [0, 0.1) is 0 Å². The maximum atomic E-state index is 11.7. The van der Waals surface area contributed by atoms with Crippen LogP contribution < -0.4 is 5.32 Å². The first kappa shape index (κ1) is 19.2. The van der Waals surface area contributed by atoms with Crippen molar-refractivity contribution in [2.24, 2.45) is 0 Å². The lowest BCUT2D eigenvalue weighted by Crippen LogP contribution is -2.12. The van der Waals surface area contributed by atoms with Gasteiger partial charge in [0.05, 0.1) is 12.4 Å². The molecule has 126 valence electrons. The van der Waals surface area contributed by atoms with Crippen molar-refractivity contribution in [2.45, 2.75) is 44.4 Å². The highest BCUT2D eigenvalue weighted by atomic mass is 32.2. The number of esters is 1. The topological polar surface area (TPSA) is 72.5 Å². The van der Waals surface area contributed by atoms with Crippen molar-refractivity contribution in [2.75, 3.05) is 17.7 Å². The molecule has 1 rings (SSSR count). The van der Waals surface area contributed by atoms with Gasteiger partial charge in [-0.15, -0.1) is 11.8 Å². The summed E-state index contributed by atoms with van der Waals surface area (Å²) in [6.07, 6.45) is 2.15. The minimum absolute atomic E-state index is 0.00705. The van der Waals surface area contributed by atoms with Gasteiger partial charge in [0.25, 0.3) is 0 Å². The van der Waals surface area contributed by atoms with Gasteiger partial charge >= 0.3 is 5.97 Å². The van der Waals surface area contributed by atoms with Crippen LogP contribution in [0.1, 0.15) is 39.5 Å². The van der Waals surface area contributed by atoms with Crippen molar-refractivity contribution in [1.82, 2.24) is 0 Å². The highest BCUT2D eigenvalue weighted by Crippen LogP contribution is 2.22. The van der Waals surface area contributed by atoms with Gasteiger partial charge in [0, 0.05) is 17.0 Å². The van der Waals surface area contributed by atoms with Crippen molar-refractivity contribution in [3.05, 3.63) is 24.3 Å². The molecule has 0 aliphatic rings. The van der Waals surface area contributed by atoms with Gasteiger partial charge in [0.2, 0.25) is 5.91 Å². The number of rotatable bonds is 10. The van der Waals surface area contributed by atoms with E-state index in [4.69, 9.17) is 4.74 Å². The summed E-state index contributed by atoms with van der Waals surface area (Å²) in [6.45, 7) is 4.02. The molecule has 0 unspecified atom stereocenters. The lowest BCUT2D eigenvalue weighted by molar-refractivity contribution is -0.145. The Balaban J connectivity index is 2.46. The van der Waals surface area contributed by atoms with Gasteiger partial charge < -0.3 is 10.1 Å². The number of carbonyl (C=O) groups excluding carboxylic acids is 3. The Morgan fingerprint density at radius 2 is 2.00 bits per heavy atom. The molecule has 0 radical (unpaired) electrons. The number of nitrogens with one attached hydrogen (secondary N) is 1. The second-order valence-electron chi connectivity index (χ2n) is 4.99. The number of hydrogen-bond donors (Lipinski definition) is 1. The Kier molecular flexibility index (Phi) is 9.05. The zero-order valence-corrected chi connectivity index (χ0v) is 14.4. The molecule has 0 atom stereocenters. The first-order valence-electron chi connectivity index (χ1n) is 7.75. The van der Waals surface area contributed by atoms with E-state index in [2.05, 4.69) is 5.32 Å². The van der Waals surface area contributed by atoms with Crippen LogP contribution in [0.25, 0.3) is 0 Å². The van der Waals surface area contributed by atoms with Gasteiger partial charge in [-0.25, -0.2) is 0 Å². The number of Topliss-reactive ketones (excluding diaryl/α,β-unsaturated/α-hetero) is 1. The van der Waals surface area contributed by atoms with Gasteiger partial charge in [-0.3, -0.25) is 14.4 Å².